The maximum Gasteiger partial charge on any atom is 0.249 e. The average Bonchev–Trinajstić information content (AvgIpc) is 2.68. The fraction of sp³-hybridized carbons (Fsp3) is 0.286. The Kier molecular flexibility index (Phi) is 5.63. The molecule has 0 amide bonds. The summed E-state index contributed by atoms with van der Waals surface area (Å²) in [5.74, 6) is 2.28. The van der Waals surface area contributed by atoms with Crippen molar-refractivity contribution < 1.29 is 9.47 Å². The Morgan fingerprint density at radius 3 is 2.36 bits per heavy atom. The molecule has 146 valence electrons. The van der Waals surface area contributed by atoms with Crippen LogP contribution >= 0.6 is 0 Å². The quantitative estimate of drug-likeness (QED) is 0.644. The summed E-state index contributed by atoms with van der Waals surface area (Å²) >= 11 is 0. The van der Waals surface area contributed by atoms with E-state index in [0.29, 0.717) is 23.3 Å². The summed E-state index contributed by atoms with van der Waals surface area (Å²) in [6, 6.07) is 13.7. The van der Waals surface area contributed by atoms with Crippen molar-refractivity contribution in [3.63, 3.8) is 0 Å². The summed E-state index contributed by atoms with van der Waals surface area (Å²) in [7, 11) is 3.20. The summed E-state index contributed by atoms with van der Waals surface area (Å²) in [4.78, 5) is 4.52. The first kappa shape index (κ1) is 19.4. The highest BCUT2D eigenvalue weighted by Gasteiger charge is 2.18. The van der Waals surface area contributed by atoms with Gasteiger partial charge in [-0.25, -0.2) is 0 Å². The van der Waals surface area contributed by atoms with E-state index in [0.717, 1.165) is 11.4 Å². The lowest BCUT2D eigenvalue weighted by atomic mass is 9.86. The molecule has 28 heavy (non-hydrogen) atoms. The summed E-state index contributed by atoms with van der Waals surface area (Å²) in [6.45, 7) is 6.50. The number of hydrogen-bond acceptors (Lipinski definition) is 7. The highest BCUT2D eigenvalue weighted by Crippen LogP contribution is 2.32. The minimum absolute atomic E-state index is 0.00741. The SMILES string of the molecule is COc1ccc(Nc2cnnc(Nc3ccccc3C(C)(C)C)n2)cc1OC. The highest BCUT2D eigenvalue weighted by molar-refractivity contribution is 5.64. The van der Waals surface area contributed by atoms with Gasteiger partial charge in [0.25, 0.3) is 0 Å². The van der Waals surface area contributed by atoms with E-state index in [1.807, 2.05) is 36.4 Å². The molecule has 7 heteroatoms. The van der Waals surface area contributed by atoms with Gasteiger partial charge >= 0.3 is 0 Å². The van der Waals surface area contributed by atoms with E-state index >= 15 is 0 Å². The standard InChI is InChI=1S/C21H25N5O2/c1-21(2,3)15-8-6-7-9-16(15)24-20-25-19(13-22-26-20)23-14-10-11-17(27-4)18(12-14)28-5/h6-13H,1-5H3,(H2,23,24,25,26). The van der Waals surface area contributed by atoms with Crippen molar-refractivity contribution in [1.82, 2.24) is 15.2 Å². The molecule has 2 N–H and O–H groups in total. The van der Waals surface area contributed by atoms with Gasteiger partial charge in [0.2, 0.25) is 5.95 Å². The van der Waals surface area contributed by atoms with Crippen molar-refractivity contribution in [2.45, 2.75) is 26.2 Å². The molecule has 0 saturated carbocycles. The van der Waals surface area contributed by atoms with Crippen molar-refractivity contribution in [3.05, 3.63) is 54.2 Å². The molecule has 3 aromatic rings. The van der Waals surface area contributed by atoms with Crippen molar-refractivity contribution in [2.75, 3.05) is 24.9 Å². The Balaban J connectivity index is 1.82. The average molecular weight is 379 g/mol. The number of nitrogens with one attached hydrogen (secondary N) is 2. The number of aromatic nitrogens is 3. The molecular formula is C21H25N5O2. The van der Waals surface area contributed by atoms with Crippen LogP contribution in [0, 0.1) is 0 Å². The van der Waals surface area contributed by atoms with Crippen LogP contribution in [0.5, 0.6) is 11.5 Å². The monoisotopic (exact) mass is 379 g/mol. The fourth-order valence-corrected chi connectivity index (χ4v) is 2.85. The van der Waals surface area contributed by atoms with Crippen LogP contribution in [0.2, 0.25) is 0 Å². The van der Waals surface area contributed by atoms with Gasteiger partial charge in [-0.3, -0.25) is 0 Å². The third-order valence-corrected chi connectivity index (χ3v) is 4.20. The van der Waals surface area contributed by atoms with Gasteiger partial charge < -0.3 is 20.1 Å². The first-order chi connectivity index (χ1) is 13.4. The number of methoxy groups -OCH3 is 2. The lowest BCUT2D eigenvalue weighted by molar-refractivity contribution is 0.355. The Bertz CT molecular complexity index is 954. The Labute approximate surface area is 165 Å². The third-order valence-electron chi connectivity index (χ3n) is 4.20. The van der Waals surface area contributed by atoms with Crippen molar-refractivity contribution >= 4 is 23.1 Å². The van der Waals surface area contributed by atoms with Crippen molar-refractivity contribution in [1.29, 1.82) is 0 Å². The van der Waals surface area contributed by atoms with Crippen molar-refractivity contribution in [3.8, 4) is 11.5 Å². The predicted molar refractivity (Wildman–Crippen MR) is 111 cm³/mol. The topological polar surface area (TPSA) is 81.2 Å². The zero-order valence-corrected chi connectivity index (χ0v) is 16.8. The normalized spacial score (nSPS) is 11.0. The lowest BCUT2D eigenvalue weighted by Crippen LogP contribution is -2.14. The summed E-state index contributed by atoms with van der Waals surface area (Å²) in [5, 5.41) is 14.6. The number of nitrogens with zero attached hydrogens (tertiary/aromatic N) is 3. The van der Waals surface area contributed by atoms with E-state index in [9.17, 15) is 0 Å². The molecule has 0 bridgehead atoms. The molecule has 7 nitrogen and oxygen atoms in total. The molecule has 0 atom stereocenters. The van der Waals surface area contributed by atoms with Crippen molar-refractivity contribution in [2.24, 2.45) is 0 Å². The first-order valence-corrected chi connectivity index (χ1v) is 8.96. The van der Waals surface area contributed by atoms with Crippen LogP contribution in [0.25, 0.3) is 0 Å². The van der Waals surface area contributed by atoms with Crippen LogP contribution in [0.3, 0.4) is 0 Å². The summed E-state index contributed by atoms with van der Waals surface area (Å²) in [5.41, 5.74) is 2.93. The van der Waals surface area contributed by atoms with Crippen LogP contribution in [0.15, 0.2) is 48.7 Å². The smallest absolute Gasteiger partial charge is 0.249 e. The first-order valence-electron chi connectivity index (χ1n) is 8.96. The second-order valence-corrected chi connectivity index (χ2v) is 7.28. The maximum atomic E-state index is 5.34. The van der Waals surface area contributed by atoms with Gasteiger partial charge in [-0.2, -0.15) is 10.1 Å². The van der Waals surface area contributed by atoms with Gasteiger partial charge in [0, 0.05) is 17.4 Å². The zero-order chi connectivity index (χ0) is 20.1. The van der Waals surface area contributed by atoms with Gasteiger partial charge in [-0.1, -0.05) is 39.0 Å². The van der Waals surface area contributed by atoms with E-state index in [2.05, 4.69) is 52.7 Å². The van der Waals surface area contributed by atoms with Crippen LogP contribution in [-0.4, -0.2) is 29.4 Å². The van der Waals surface area contributed by atoms with Gasteiger partial charge in [-0.05, 0) is 29.2 Å². The van der Waals surface area contributed by atoms with E-state index in [1.165, 1.54) is 5.56 Å². The third kappa shape index (κ3) is 4.49. The Hall–Kier alpha value is -3.35. The zero-order valence-electron chi connectivity index (χ0n) is 16.8. The van der Waals surface area contributed by atoms with E-state index in [4.69, 9.17) is 9.47 Å². The van der Waals surface area contributed by atoms with Crippen LogP contribution in [0.4, 0.5) is 23.1 Å². The number of ether oxygens (including phenoxy) is 2. The molecule has 2 aromatic carbocycles. The molecule has 0 saturated heterocycles. The molecule has 0 aliphatic heterocycles. The number of benzene rings is 2. The number of para-hydroxylation sites is 1. The van der Waals surface area contributed by atoms with Gasteiger partial charge in [0.15, 0.2) is 17.3 Å². The largest absolute Gasteiger partial charge is 0.493 e. The molecule has 0 unspecified atom stereocenters. The number of anilines is 4. The van der Waals surface area contributed by atoms with Crippen LogP contribution in [-0.2, 0) is 5.41 Å². The van der Waals surface area contributed by atoms with Gasteiger partial charge in [0.1, 0.15) is 0 Å². The Morgan fingerprint density at radius 1 is 0.893 bits per heavy atom. The minimum atomic E-state index is -0.00741. The van der Waals surface area contributed by atoms with Crippen LogP contribution in [0.1, 0.15) is 26.3 Å². The number of hydrogen-bond donors (Lipinski definition) is 2. The molecule has 0 fully saturated rings. The molecule has 1 aromatic heterocycles. The Morgan fingerprint density at radius 2 is 1.64 bits per heavy atom. The maximum absolute atomic E-state index is 5.34. The molecule has 0 aliphatic rings. The fourth-order valence-electron chi connectivity index (χ4n) is 2.85. The van der Waals surface area contributed by atoms with Gasteiger partial charge in [-0.15, -0.1) is 5.10 Å². The second kappa shape index (κ2) is 8.12. The summed E-state index contributed by atoms with van der Waals surface area (Å²) in [6.07, 6.45) is 1.57. The van der Waals surface area contributed by atoms with Crippen LogP contribution < -0.4 is 20.1 Å². The number of rotatable bonds is 6. The molecule has 0 radical (unpaired) electrons. The molecular weight excluding hydrogens is 354 g/mol. The predicted octanol–water partition coefficient (Wildman–Crippen LogP) is 4.67. The van der Waals surface area contributed by atoms with Gasteiger partial charge in [0.05, 0.1) is 20.4 Å². The van der Waals surface area contributed by atoms with E-state index in [-0.39, 0.29) is 5.41 Å². The highest BCUT2D eigenvalue weighted by atomic mass is 16.5. The molecule has 1 heterocycles. The molecule has 0 spiro atoms. The lowest BCUT2D eigenvalue weighted by Gasteiger charge is -2.22. The molecule has 3 rings (SSSR count). The molecule has 0 aliphatic carbocycles. The summed E-state index contributed by atoms with van der Waals surface area (Å²) < 4.78 is 10.6. The van der Waals surface area contributed by atoms with E-state index < -0.39 is 0 Å². The second-order valence-electron chi connectivity index (χ2n) is 7.28. The minimum Gasteiger partial charge on any atom is -0.493 e. The van der Waals surface area contributed by atoms with E-state index in [1.54, 1.807) is 20.4 Å².